The fourth-order valence-electron chi connectivity index (χ4n) is 2.96. The first-order chi connectivity index (χ1) is 10.4. The molecule has 0 aromatic heterocycles. The molecular weight excluding hydrogens is 302 g/mol. The van der Waals surface area contributed by atoms with Gasteiger partial charge in [0.2, 0.25) is 10.0 Å². The van der Waals surface area contributed by atoms with Crippen LogP contribution in [0.15, 0.2) is 23.2 Å². The number of fused-ring (bicyclic) bond motifs is 1. The van der Waals surface area contributed by atoms with Crippen LogP contribution in [0.25, 0.3) is 0 Å². The van der Waals surface area contributed by atoms with E-state index in [1.165, 1.54) is 10.6 Å². The van der Waals surface area contributed by atoms with Crippen molar-refractivity contribution in [1.82, 2.24) is 5.32 Å². The van der Waals surface area contributed by atoms with E-state index in [9.17, 15) is 8.42 Å². The van der Waals surface area contributed by atoms with E-state index in [2.05, 4.69) is 10.3 Å². The molecule has 7 heteroatoms. The maximum Gasteiger partial charge on any atom is 0.231 e. The van der Waals surface area contributed by atoms with Crippen LogP contribution in [0.2, 0.25) is 0 Å². The Balaban J connectivity index is 1.89. The SMILES string of the molecule is CN(c1ccc2c(c1)C(CC1CNC=N1)CCO2)S(C)(=O)=O. The number of hydrogen-bond donors (Lipinski definition) is 1. The first-order valence-electron chi connectivity index (χ1n) is 7.41. The van der Waals surface area contributed by atoms with Gasteiger partial charge in [0.1, 0.15) is 5.75 Å². The van der Waals surface area contributed by atoms with Crippen molar-refractivity contribution in [3.05, 3.63) is 23.8 Å². The number of nitrogens with zero attached hydrogens (tertiary/aromatic N) is 2. The quantitative estimate of drug-likeness (QED) is 0.908. The zero-order chi connectivity index (χ0) is 15.7. The van der Waals surface area contributed by atoms with E-state index >= 15 is 0 Å². The number of rotatable bonds is 4. The van der Waals surface area contributed by atoms with Crippen LogP contribution >= 0.6 is 0 Å². The Labute approximate surface area is 131 Å². The smallest absolute Gasteiger partial charge is 0.231 e. The lowest BCUT2D eigenvalue weighted by Crippen LogP contribution is -2.26. The number of ether oxygens (including phenoxy) is 1. The van der Waals surface area contributed by atoms with Crippen LogP contribution in [0.5, 0.6) is 5.75 Å². The van der Waals surface area contributed by atoms with Crippen LogP contribution in [0.4, 0.5) is 5.69 Å². The highest BCUT2D eigenvalue weighted by Crippen LogP contribution is 2.39. The van der Waals surface area contributed by atoms with E-state index < -0.39 is 10.0 Å². The molecular formula is C15H21N3O3S. The van der Waals surface area contributed by atoms with Crippen molar-refractivity contribution < 1.29 is 13.2 Å². The van der Waals surface area contributed by atoms with Gasteiger partial charge in [-0.15, -0.1) is 0 Å². The summed E-state index contributed by atoms with van der Waals surface area (Å²) in [6.45, 7) is 1.57. The van der Waals surface area contributed by atoms with Crippen LogP contribution in [0.1, 0.15) is 24.3 Å². The second-order valence-corrected chi connectivity index (χ2v) is 7.88. The number of sulfonamides is 1. The zero-order valence-electron chi connectivity index (χ0n) is 12.8. The average molecular weight is 323 g/mol. The Morgan fingerprint density at radius 2 is 2.27 bits per heavy atom. The first kappa shape index (κ1) is 15.1. The molecule has 22 heavy (non-hydrogen) atoms. The van der Waals surface area contributed by atoms with Crippen LogP contribution in [0.3, 0.4) is 0 Å². The summed E-state index contributed by atoms with van der Waals surface area (Å²) in [5, 5.41) is 3.12. The molecule has 1 aromatic rings. The average Bonchev–Trinajstić information content (AvgIpc) is 2.98. The Hall–Kier alpha value is -1.76. The molecule has 2 aliphatic rings. The number of aliphatic imine (C=N–C) groups is 1. The summed E-state index contributed by atoms with van der Waals surface area (Å²) in [5.74, 6) is 1.20. The van der Waals surface area contributed by atoms with Gasteiger partial charge in [-0.2, -0.15) is 0 Å². The van der Waals surface area contributed by atoms with Crippen molar-refractivity contribution in [2.75, 3.05) is 30.8 Å². The van der Waals surface area contributed by atoms with Gasteiger partial charge >= 0.3 is 0 Å². The van der Waals surface area contributed by atoms with E-state index in [0.29, 0.717) is 18.2 Å². The Morgan fingerprint density at radius 3 is 2.95 bits per heavy atom. The van der Waals surface area contributed by atoms with Gasteiger partial charge < -0.3 is 10.1 Å². The van der Waals surface area contributed by atoms with E-state index in [4.69, 9.17) is 4.74 Å². The third-order valence-electron chi connectivity index (χ3n) is 4.30. The standard InChI is InChI=1S/C15H21N3O3S/c1-18(22(2,19)20)13-3-4-15-14(8-13)11(5-6-21-15)7-12-9-16-10-17-12/h3-4,8,10-12H,5-7,9H2,1-2H3,(H,16,17). The van der Waals surface area contributed by atoms with Crippen LogP contribution in [-0.4, -0.2) is 47.3 Å². The van der Waals surface area contributed by atoms with E-state index in [1.54, 1.807) is 19.5 Å². The molecule has 2 heterocycles. The van der Waals surface area contributed by atoms with Crippen molar-refractivity contribution in [2.24, 2.45) is 4.99 Å². The van der Waals surface area contributed by atoms with Gasteiger partial charge in [-0.25, -0.2) is 8.42 Å². The van der Waals surface area contributed by atoms with Gasteiger partial charge in [0.25, 0.3) is 0 Å². The molecule has 0 bridgehead atoms. The lowest BCUT2D eigenvalue weighted by molar-refractivity contribution is 0.259. The maximum atomic E-state index is 11.7. The summed E-state index contributed by atoms with van der Waals surface area (Å²) in [7, 11) is -1.69. The van der Waals surface area contributed by atoms with Crippen molar-refractivity contribution in [1.29, 1.82) is 0 Å². The topological polar surface area (TPSA) is 71.0 Å². The third-order valence-corrected chi connectivity index (χ3v) is 5.51. The molecule has 2 unspecified atom stereocenters. The molecule has 0 saturated heterocycles. The molecule has 2 atom stereocenters. The molecule has 0 fully saturated rings. The highest BCUT2D eigenvalue weighted by molar-refractivity contribution is 7.92. The van der Waals surface area contributed by atoms with Gasteiger partial charge in [0.05, 0.1) is 30.9 Å². The van der Waals surface area contributed by atoms with Crippen molar-refractivity contribution in [2.45, 2.75) is 24.8 Å². The van der Waals surface area contributed by atoms with Gasteiger partial charge in [-0.3, -0.25) is 9.30 Å². The maximum absolute atomic E-state index is 11.7. The van der Waals surface area contributed by atoms with Gasteiger partial charge in [-0.1, -0.05) is 0 Å². The summed E-state index contributed by atoms with van der Waals surface area (Å²) in [6, 6.07) is 5.88. The monoisotopic (exact) mass is 323 g/mol. The summed E-state index contributed by atoms with van der Waals surface area (Å²) < 4.78 is 30.5. The highest BCUT2D eigenvalue weighted by Gasteiger charge is 2.26. The zero-order valence-corrected chi connectivity index (χ0v) is 13.6. The molecule has 1 aromatic carbocycles. The van der Waals surface area contributed by atoms with E-state index in [1.807, 2.05) is 12.1 Å². The Bertz CT molecular complexity index is 687. The molecule has 0 saturated carbocycles. The molecule has 0 amide bonds. The highest BCUT2D eigenvalue weighted by atomic mass is 32.2. The minimum atomic E-state index is -3.26. The summed E-state index contributed by atoms with van der Waals surface area (Å²) >= 11 is 0. The van der Waals surface area contributed by atoms with Gasteiger partial charge in [-0.05, 0) is 42.5 Å². The number of nitrogens with one attached hydrogen (secondary N) is 1. The summed E-state index contributed by atoms with van der Waals surface area (Å²) in [6.07, 6.45) is 4.86. The molecule has 0 spiro atoms. The molecule has 6 nitrogen and oxygen atoms in total. The fraction of sp³-hybridized carbons (Fsp3) is 0.533. The van der Waals surface area contributed by atoms with E-state index in [-0.39, 0.29) is 6.04 Å². The second kappa shape index (κ2) is 5.79. The first-order valence-corrected chi connectivity index (χ1v) is 9.25. The lowest BCUT2D eigenvalue weighted by Gasteiger charge is -2.28. The van der Waals surface area contributed by atoms with Crippen LogP contribution < -0.4 is 14.4 Å². The van der Waals surface area contributed by atoms with Crippen LogP contribution in [-0.2, 0) is 10.0 Å². The van der Waals surface area contributed by atoms with Crippen molar-refractivity contribution in [3.8, 4) is 5.75 Å². The molecule has 3 rings (SSSR count). The number of hydrogen-bond acceptors (Lipinski definition) is 5. The molecule has 0 radical (unpaired) electrons. The molecule has 1 N–H and O–H groups in total. The molecule has 2 aliphatic heterocycles. The Morgan fingerprint density at radius 1 is 1.45 bits per heavy atom. The molecule has 120 valence electrons. The summed E-state index contributed by atoms with van der Waals surface area (Å²) in [5.41, 5.74) is 1.76. The van der Waals surface area contributed by atoms with E-state index in [0.717, 1.165) is 30.7 Å². The lowest BCUT2D eigenvalue weighted by atomic mass is 9.87. The number of benzene rings is 1. The predicted octanol–water partition coefficient (Wildman–Crippen LogP) is 1.34. The largest absolute Gasteiger partial charge is 0.493 e. The summed E-state index contributed by atoms with van der Waals surface area (Å²) in [4.78, 5) is 4.42. The minimum Gasteiger partial charge on any atom is -0.493 e. The van der Waals surface area contributed by atoms with Gasteiger partial charge in [0, 0.05) is 13.6 Å². The predicted molar refractivity (Wildman–Crippen MR) is 87.4 cm³/mol. The van der Waals surface area contributed by atoms with Crippen molar-refractivity contribution >= 4 is 22.0 Å². The third kappa shape index (κ3) is 3.04. The molecule has 0 aliphatic carbocycles. The minimum absolute atomic E-state index is 0.284. The second-order valence-electron chi connectivity index (χ2n) is 5.86. The van der Waals surface area contributed by atoms with Gasteiger partial charge in [0.15, 0.2) is 0 Å². The Kier molecular flexibility index (Phi) is 3.99. The number of anilines is 1. The fourth-order valence-corrected chi connectivity index (χ4v) is 3.45. The van der Waals surface area contributed by atoms with Crippen molar-refractivity contribution in [3.63, 3.8) is 0 Å². The van der Waals surface area contributed by atoms with Crippen LogP contribution in [0, 0.1) is 0 Å². The normalized spacial score (nSPS) is 23.5.